The van der Waals surface area contributed by atoms with Gasteiger partial charge in [0.1, 0.15) is 5.82 Å². The lowest BCUT2D eigenvalue weighted by molar-refractivity contribution is -0.137. The molecule has 0 saturated carbocycles. The number of carbonyl (C=O) groups is 2. The van der Waals surface area contributed by atoms with Crippen molar-refractivity contribution in [1.29, 1.82) is 0 Å². The van der Waals surface area contributed by atoms with Crippen molar-refractivity contribution in [2.45, 2.75) is 17.7 Å². The highest BCUT2D eigenvalue weighted by molar-refractivity contribution is 7.89. The Hall–Kier alpha value is -2.00. The number of ether oxygens (including phenoxy) is 1. The Morgan fingerprint density at radius 1 is 1.38 bits per heavy atom. The molecule has 0 bridgehead atoms. The highest BCUT2D eigenvalue weighted by atomic mass is 32.2. The number of hydrogen-bond acceptors (Lipinski definition) is 5. The quantitative estimate of drug-likeness (QED) is 0.567. The first-order chi connectivity index (χ1) is 9.77. The molecule has 0 saturated heterocycles. The van der Waals surface area contributed by atoms with Crippen molar-refractivity contribution in [2.75, 3.05) is 13.7 Å². The summed E-state index contributed by atoms with van der Waals surface area (Å²) in [6.07, 6.45) is -0.112. The SMILES string of the molecule is COC(=O)c1cc(F)ccc1S(=O)(=O)NCCCC(=O)O. The molecule has 0 atom stereocenters. The normalized spacial score (nSPS) is 11.1. The summed E-state index contributed by atoms with van der Waals surface area (Å²) in [5, 5.41) is 8.46. The van der Waals surface area contributed by atoms with Crippen LogP contribution in [0.25, 0.3) is 0 Å². The highest BCUT2D eigenvalue weighted by Crippen LogP contribution is 2.18. The van der Waals surface area contributed by atoms with Crippen LogP contribution < -0.4 is 4.72 Å². The van der Waals surface area contributed by atoms with Gasteiger partial charge in [0.05, 0.1) is 17.6 Å². The monoisotopic (exact) mass is 319 g/mol. The van der Waals surface area contributed by atoms with Gasteiger partial charge in [-0.3, -0.25) is 4.79 Å². The molecule has 0 aromatic heterocycles. The number of carboxylic acid groups (broad SMARTS) is 1. The van der Waals surface area contributed by atoms with Gasteiger partial charge in [-0.05, 0) is 24.6 Å². The Labute approximate surface area is 120 Å². The van der Waals surface area contributed by atoms with Gasteiger partial charge in [-0.15, -0.1) is 0 Å². The molecular weight excluding hydrogens is 305 g/mol. The van der Waals surface area contributed by atoms with Crippen LogP contribution in [0.2, 0.25) is 0 Å². The Balaban J connectivity index is 2.97. The van der Waals surface area contributed by atoms with E-state index in [-0.39, 0.29) is 19.4 Å². The Bertz CT molecular complexity index is 643. The summed E-state index contributed by atoms with van der Waals surface area (Å²) in [6.45, 7) is -0.118. The summed E-state index contributed by atoms with van der Waals surface area (Å²) in [7, 11) is -3.03. The number of esters is 1. The zero-order chi connectivity index (χ0) is 16.0. The average Bonchev–Trinajstić information content (AvgIpc) is 2.42. The maximum atomic E-state index is 13.1. The van der Waals surface area contributed by atoms with Crippen LogP contribution in [0.5, 0.6) is 0 Å². The van der Waals surface area contributed by atoms with E-state index in [0.29, 0.717) is 0 Å². The summed E-state index contributed by atoms with van der Waals surface area (Å²) in [5.41, 5.74) is -0.428. The maximum absolute atomic E-state index is 13.1. The van der Waals surface area contributed by atoms with E-state index in [9.17, 15) is 22.4 Å². The van der Waals surface area contributed by atoms with E-state index >= 15 is 0 Å². The summed E-state index contributed by atoms with van der Waals surface area (Å²) < 4.78 is 43.8. The van der Waals surface area contributed by atoms with E-state index in [4.69, 9.17) is 5.11 Å². The van der Waals surface area contributed by atoms with Crippen molar-refractivity contribution >= 4 is 22.0 Å². The second-order valence-electron chi connectivity index (χ2n) is 4.03. The number of carbonyl (C=O) groups excluding carboxylic acids is 1. The second-order valence-corrected chi connectivity index (χ2v) is 5.76. The maximum Gasteiger partial charge on any atom is 0.339 e. The molecule has 0 heterocycles. The van der Waals surface area contributed by atoms with Crippen molar-refractivity contribution in [2.24, 2.45) is 0 Å². The summed E-state index contributed by atoms with van der Waals surface area (Å²) in [4.78, 5) is 21.4. The Morgan fingerprint density at radius 3 is 2.62 bits per heavy atom. The van der Waals surface area contributed by atoms with Gasteiger partial charge < -0.3 is 9.84 Å². The van der Waals surface area contributed by atoms with E-state index in [1.807, 2.05) is 0 Å². The molecule has 0 amide bonds. The molecule has 0 aliphatic heterocycles. The third-order valence-corrected chi connectivity index (χ3v) is 4.02. The predicted molar refractivity (Wildman–Crippen MR) is 69.8 cm³/mol. The van der Waals surface area contributed by atoms with Gasteiger partial charge in [0.2, 0.25) is 10.0 Å². The van der Waals surface area contributed by atoms with Crippen molar-refractivity contribution in [3.63, 3.8) is 0 Å². The molecule has 0 spiro atoms. The van der Waals surface area contributed by atoms with Gasteiger partial charge in [-0.25, -0.2) is 22.3 Å². The minimum Gasteiger partial charge on any atom is -0.481 e. The van der Waals surface area contributed by atoms with Gasteiger partial charge in [0, 0.05) is 13.0 Å². The molecule has 1 rings (SSSR count). The number of nitrogens with one attached hydrogen (secondary N) is 1. The number of methoxy groups -OCH3 is 1. The fourth-order valence-corrected chi connectivity index (χ4v) is 2.78. The van der Waals surface area contributed by atoms with Gasteiger partial charge in [-0.1, -0.05) is 0 Å². The lowest BCUT2D eigenvalue weighted by atomic mass is 10.2. The number of hydrogen-bond donors (Lipinski definition) is 2. The minimum atomic E-state index is -4.07. The van der Waals surface area contributed by atoms with Crippen molar-refractivity contribution in [3.05, 3.63) is 29.6 Å². The van der Waals surface area contributed by atoms with Crippen molar-refractivity contribution in [3.8, 4) is 0 Å². The first-order valence-corrected chi connectivity index (χ1v) is 7.35. The van der Waals surface area contributed by atoms with Gasteiger partial charge in [0.25, 0.3) is 0 Å². The van der Waals surface area contributed by atoms with E-state index in [0.717, 1.165) is 25.3 Å². The molecule has 1 aromatic rings. The molecule has 0 unspecified atom stereocenters. The standard InChI is InChI=1S/C12H14FNO6S/c1-20-12(17)9-7-8(13)4-5-10(9)21(18,19)14-6-2-3-11(15)16/h4-5,7,14H,2-3,6H2,1H3,(H,15,16). The van der Waals surface area contributed by atoms with Gasteiger partial charge >= 0.3 is 11.9 Å². The lowest BCUT2D eigenvalue weighted by Crippen LogP contribution is -2.27. The summed E-state index contributed by atoms with van der Waals surface area (Å²) in [6, 6.07) is 2.61. The van der Waals surface area contributed by atoms with Crippen LogP contribution in [0.15, 0.2) is 23.1 Å². The first kappa shape index (κ1) is 17.1. The third kappa shape index (κ3) is 4.80. The fraction of sp³-hybridized carbons (Fsp3) is 0.333. The first-order valence-electron chi connectivity index (χ1n) is 5.87. The van der Waals surface area contributed by atoms with E-state index in [1.165, 1.54) is 0 Å². The molecule has 0 aliphatic rings. The minimum absolute atomic E-state index is 0.0866. The van der Waals surface area contributed by atoms with E-state index < -0.39 is 38.2 Å². The number of benzene rings is 1. The Kier molecular flexibility index (Phi) is 5.79. The van der Waals surface area contributed by atoms with Crippen molar-refractivity contribution < 1.29 is 32.2 Å². The smallest absolute Gasteiger partial charge is 0.339 e. The van der Waals surface area contributed by atoms with Gasteiger partial charge in [0.15, 0.2) is 0 Å². The molecule has 0 radical (unpaired) electrons. The zero-order valence-electron chi connectivity index (χ0n) is 11.1. The van der Waals surface area contributed by atoms with E-state index in [1.54, 1.807) is 0 Å². The number of aliphatic carboxylic acids is 1. The molecular formula is C12H14FNO6S. The summed E-state index contributed by atoms with van der Waals surface area (Å²) in [5.74, 6) is -2.81. The zero-order valence-corrected chi connectivity index (χ0v) is 11.9. The molecule has 1 aromatic carbocycles. The topological polar surface area (TPSA) is 110 Å². The average molecular weight is 319 g/mol. The largest absolute Gasteiger partial charge is 0.481 e. The van der Waals surface area contributed by atoms with Crippen LogP contribution in [0.4, 0.5) is 4.39 Å². The van der Waals surface area contributed by atoms with Crippen LogP contribution in [-0.2, 0) is 19.6 Å². The molecule has 2 N–H and O–H groups in total. The van der Waals surface area contributed by atoms with Crippen LogP contribution in [-0.4, -0.2) is 39.1 Å². The van der Waals surface area contributed by atoms with Crippen LogP contribution in [0, 0.1) is 5.82 Å². The fourth-order valence-electron chi connectivity index (χ4n) is 1.53. The third-order valence-electron chi connectivity index (χ3n) is 2.50. The number of halogens is 1. The molecule has 116 valence electrons. The molecule has 0 aliphatic carbocycles. The number of rotatable bonds is 7. The molecule has 0 fully saturated rings. The molecule has 7 nitrogen and oxygen atoms in total. The second kappa shape index (κ2) is 7.14. The van der Waals surface area contributed by atoms with E-state index in [2.05, 4.69) is 9.46 Å². The Morgan fingerprint density at radius 2 is 2.05 bits per heavy atom. The number of sulfonamides is 1. The van der Waals surface area contributed by atoms with Crippen molar-refractivity contribution in [1.82, 2.24) is 4.72 Å². The van der Waals surface area contributed by atoms with Gasteiger partial charge in [-0.2, -0.15) is 0 Å². The molecule has 9 heteroatoms. The van der Waals surface area contributed by atoms with Crippen LogP contribution in [0.3, 0.4) is 0 Å². The predicted octanol–water partition coefficient (Wildman–Crippen LogP) is 0.755. The van der Waals surface area contributed by atoms with Crippen LogP contribution >= 0.6 is 0 Å². The van der Waals surface area contributed by atoms with Crippen LogP contribution in [0.1, 0.15) is 23.2 Å². The molecule has 21 heavy (non-hydrogen) atoms. The highest BCUT2D eigenvalue weighted by Gasteiger charge is 2.23. The summed E-state index contributed by atoms with van der Waals surface area (Å²) >= 11 is 0. The number of carboxylic acids is 1. The lowest BCUT2D eigenvalue weighted by Gasteiger charge is -2.10.